The number of hydrogen-bond acceptors (Lipinski definition) is 4. The Morgan fingerprint density at radius 1 is 1.52 bits per heavy atom. The van der Waals surface area contributed by atoms with Gasteiger partial charge in [-0.3, -0.25) is 0 Å². The number of urea groups is 1. The van der Waals surface area contributed by atoms with Crippen molar-refractivity contribution in [2.24, 2.45) is 0 Å². The second kappa shape index (κ2) is 8.19. The number of aliphatic carboxylic acids is 1. The molecule has 0 saturated carbocycles. The Bertz CT molecular complexity index is 364. The van der Waals surface area contributed by atoms with Gasteiger partial charge in [-0.1, -0.05) is 6.92 Å². The Morgan fingerprint density at radius 3 is 2.71 bits per heavy atom. The number of nitrogens with one attached hydrogen (secondary N) is 1. The topological polar surface area (TPSA) is 82.1 Å². The van der Waals surface area contributed by atoms with Gasteiger partial charge in [0.15, 0.2) is 0 Å². The van der Waals surface area contributed by atoms with Crippen LogP contribution in [0.1, 0.15) is 26.7 Å². The van der Waals surface area contributed by atoms with Crippen molar-refractivity contribution in [3.8, 4) is 0 Å². The van der Waals surface area contributed by atoms with Crippen LogP contribution in [0.5, 0.6) is 0 Å². The molecule has 0 aromatic rings. The molecule has 0 spiro atoms. The van der Waals surface area contributed by atoms with Gasteiger partial charge in [0.25, 0.3) is 0 Å². The summed E-state index contributed by atoms with van der Waals surface area (Å²) in [6.45, 7) is 5.80. The molecule has 7 nitrogen and oxygen atoms in total. The van der Waals surface area contributed by atoms with Gasteiger partial charge < -0.3 is 25.0 Å². The van der Waals surface area contributed by atoms with Crippen LogP contribution in [0.15, 0.2) is 0 Å². The number of amides is 2. The van der Waals surface area contributed by atoms with Crippen LogP contribution in [-0.2, 0) is 9.53 Å². The molecule has 122 valence electrons. The molecule has 0 aromatic carbocycles. The van der Waals surface area contributed by atoms with Crippen LogP contribution in [-0.4, -0.2) is 78.9 Å². The number of rotatable bonds is 7. The van der Waals surface area contributed by atoms with Crippen molar-refractivity contribution in [3.63, 3.8) is 0 Å². The summed E-state index contributed by atoms with van der Waals surface area (Å²) in [5.41, 5.74) is 0. The third kappa shape index (κ3) is 4.86. The fourth-order valence-electron chi connectivity index (χ4n) is 2.40. The fourth-order valence-corrected chi connectivity index (χ4v) is 2.40. The first-order valence-corrected chi connectivity index (χ1v) is 7.41. The zero-order chi connectivity index (χ0) is 16.0. The van der Waals surface area contributed by atoms with E-state index in [0.29, 0.717) is 25.6 Å². The van der Waals surface area contributed by atoms with E-state index < -0.39 is 12.0 Å². The maximum absolute atomic E-state index is 12.1. The summed E-state index contributed by atoms with van der Waals surface area (Å²) >= 11 is 0. The Balaban J connectivity index is 2.45. The van der Waals surface area contributed by atoms with Crippen LogP contribution in [0.25, 0.3) is 0 Å². The highest BCUT2D eigenvalue weighted by atomic mass is 16.5. The van der Waals surface area contributed by atoms with Crippen molar-refractivity contribution in [2.45, 2.75) is 44.9 Å². The van der Waals surface area contributed by atoms with Gasteiger partial charge in [-0.05, 0) is 20.4 Å². The summed E-state index contributed by atoms with van der Waals surface area (Å²) < 4.78 is 5.17. The first-order chi connectivity index (χ1) is 9.90. The van der Waals surface area contributed by atoms with E-state index in [-0.39, 0.29) is 12.1 Å². The maximum Gasteiger partial charge on any atom is 0.326 e. The second-order valence-corrected chi connectivity index (χ2v) is 5.57. The SMILES string of the molecule is CCC(C)N(C)CCNC(=O)N1CC(OC)CC1C(=O)O. The number of carboxylic acid groups (broad SMARTS) is 1. The number of carbonyl (C=O) groups is 2. The smallest absolute Gasteiger partial charge is 0.326 e. The average Bonchev–Trinajstić information content (AvgIpc) is 2.90. The third-order valence-corrected chi connectivity index (χ3v) is 4.23. The van der Waals surface area contributed by atoms with Crippen LogP contribution in [0.3, 0.4) is 0 Å². The third-order valence-electron chi connectivity index (χ3n) is 4.23. The molecule has 1 heterocycles. The van der Waals surface area contributed by atoms with Gasteiger partial charge in [0.2, 0.25) is 0 Å². The molecular weight excluding hydrogens is 274 g/mol. The van der Waals surface area contributed by atoms with Gasteiger partial charge in [-0.15, -0.1) is 0 Å². The largest absolute Gasteiger partial charge is 0.480 e. The van der Waals surface area contributed by atoms with E-state index in [0.717, 1.165) is 13.0 Å². The highest BCUT2D eigenvalue weighted by Gasteiger charge is 2.39. The molecule has 0 radical (unpaired) electrons. The highest BCUT2D eigenvalue weighted by molar-refractivity contribution is 5.83. The van der Waals surface area contributed by atoms with Gasteiger partial charge in [0, 0.05) is 39.2 Å². The van der Waals surface area contributed by atoms with Crippen molar-refractivity contribution in [1.82, 2.24) is 15.1 Å². The van der Waals surface area contributed by atoms with Crippen molar-refractivity contribution < 1.29 is 19.4 Å². The monoisotopic (exact) mass is 301 g/mol. The normalized spacial score (nSPS) is 23.4. The summed E-state index contributed by atoms with van der Waals surface area (Å²) in [5.74, 6) is -0.985. The van der Waals surface area contributed by atoms with Gasteiger partial charge in [0.1, 0.15) is 6.04 Å². The van der Waals surface area contributed by atoms with Crippen molar-refractivity contribution in [2.75, 3.05) is 33.8 Å². The first kappa shape index (κ1) is 17.7. The molecule has 0 aromatic heterocycles. The molecule has 0 bridgehead atoms. The number of methoxy groups -OCH3 is 1. The minimum absolute atomic E-state index is 0.209. The summed E-state index contributed by atoms with van der Waals surface area (Å²) in [5, 5.41) is 12.0. The first-order valence-electron chi connectivity index (χ1n) is 7.41. The van der Waals surface area contributed by atoms with Gasteiger partial charge >= 0.3 is 12.0 Å². The Kier molecular flexibility index (Phi) is 6.91. The molecule has 3 atom stereocenters. The number of likely N-dealkylation sites (N-methyl/N-ethyl adjacent to an activating group) is 1. The number of ether oxygens (including phenoxy) is 1. The highest BCUT2D eigenvalue weighted by Crippen LogP contribution is 2.20. The van der Waals surface area contributed by atoms with E-state index in [1.165, 1.54) is 12.0 Å². The fraction of sp³-hybridized carbons (Fsp3) is 0.857. The number of carboxylic acids is 1. The maximum atomic E-state index is 12.1. The van der Waals surface area contributed by atoms with Crippen LogP contribution in [0, 0.1) is 0 Å². The van der Waals surface area contributed by atoms with E-state index in [1.807, 2.05) is 7.05 Å². The molecule has 7 heteroatoms. The van der Waals surface area contributed by atoms with Crippen LogP contribution in [0.2, 0.25) is 0 Å². The molecule has 1 aliphatic heterocycles. The van der Waals surface area contributed by atoms with E-state index >= 15 is 0 Å². The van der Waals surface area contributed by atoms with E-state index in [9.17, 15) is 14.7 Å². The van der Waals surface area contributed by atoms with Crippen molar-refractivity contribution in [1.29, 1.82) is 0 Å². The van der Waals surface area contributed by atoms with Gasteiger partial charge in [0.05, 0.1) is 6.10 Å². The molecule has 2 amide bonds. The average molecular weight is 301 g/mol. The number of hydrogen-bond donors (Lipinski definition) is 2. The lowest BCUT2D eigenvalue weighted by atomic mass is 10.2. The molecule has 21 heavy (non-hydrogen) atoms. The number of carbonyl (C=O) groups excluding carboxylic acids is 1. The lowest BCUT2D eigenvalue weighted by Gasteiger charge is -2.25. The van der Waals surface area contributed by atoms with E-state index in [2.05, 4.69) is 24.1 Å². The molecule has 1 fully saturated rings. The Labute approximate surface area is 126 Å². The van der Waals surface area contributed by atoms with Crippen LogP contribution < -0.4 is 5.32 Å². The molecule has 0 aliphatic carbocycles. The summed E-state index contributed by atoms with van der Waals surface area (Å²) in [4.78, 5) is 26.8. The number of nitrogens with zero attached hydrogens (tertiary/aromatic N) is 2. The van der Waals surface area contributed by atoms with Crippen LogP contribution >= 0.6 is 0 Å². The second-order valence-electron chi connectivity index (χ2n) is 5.57. The Morgan fingerprint density at radius 2 is 2.19 bits per heavy atom. The van der Waals surface area contributed by atoms with Crippen molar-refractivity contribution >= 4 is 12.0 Å². The van der Waals surface area contributed by atoms with Crippen molar-refractivity contribution in [3.05, 3.63) is 0 Å². The predicted molar refractivity (Wildman–Crippen MR) is 79.3 cm³/mol. The minimum atomic E-state index is -0.985. The molecule has 3 unspecified atom stereocenters. The summed E-state index contributed by atoms with van der Waals surface area (Å²) in [7, 11) is 3.54. The molecule has 1 saturated heterocycles. The zero-order valence-electron chi connectivity index (χ0n) is 13.3. The number of likely N-dealkylation sites (tertiary alicyclic amines) is 1. The standard InChI is InChI=1S/C14H27N3O4/c1-5-10(2)16(3)7-6-15-14(20)17-9-11(21-4)8-12(17)13(18)19/h10-12H,5-9H2,1-4H3,(H,15,20)(H,18,19). The van der Waals surface area contributed by atoms with Crippen LogP contribution in [0.4, 0.5) is 4.79 Å². The predicted octanol–water partition coefficient (Wildman–Crippen LogP) is 0.600. The Hall–Kier alpha value is -1.34. The molecule has 2 N–H and O–H groups in total. The van der Waals surface area contributed by atoms with E-state index in [1.54, 1.807) is 0 Å². The molecule has 1 aliphatic rings. The molecule has 1 rings (SSSR count). The van der Waals surface area contributed by atoms with E-state index in [4.69, 9.17) is 4.74 Å². The minimum Gasteiger partial charge on any atom is -0.480 e. The summed E-state index contributed by atoms with van der Waals surface area (Å²) in [6, 6.07) is -0.680. The molecular formula is C14H27N3O4. The quantitative estimate of drug-likeness (QED) is 0.719. The summed E-state index contributed by atoms with van der Waals surface area (Å²) in [6.07, 6.45) is 1.18. The zero-order valence-corrected chi connectivity index (χ0v) is 13.3. The van der Waals surface area contributed by atoms with Gasteiger partial charge in [-0.2, -0.15) is 0 Å². The lowest BCUT2D eigenvalue weighted by molar-refractivity contribution is -0.141. The lowest BCUT2D eigenvalue weighted by Crippen LogP contribution is -2.48. The van der Waals surface area contributed by atoms with Gasteiger partial charge in [-0.25, -0.2) is 9.59 Å².